The van der Waals surface area contributed by atoms with Crippen molar-refractivity contribution in [2.75, 3.05) is 0 Å². The summed E-state index contributed by atoms with van der Waals surface area (Å²) < 4.78 is 0. The fraction of sp³-hybridized carbons (Fsp3) is 0. The molecule has 0 radical (unpaired) electrons. The largest absolute Gasteiger partial charge is 0.289 e. The van der Waals surface area contributed by atoms with E-state index in [1.54, 1.807) is 40.9 Å². The number of thiophene rings is 2. The van der Waals surface area contributed by atoms with E-state index in [-0.39, 0.29) is 11.6 Å². The molecular formula is C19H13NO2S2. The van der Waals surface area contributed by atoms with E-state index < -0.39 is 0 Å². The van der Waals surface area contributed by atoms with Gasteiger partial charge in [0.15, 0.2) is 11.6 Å². The minimum atomic E-state index is -0.173. The summed E-state index contributed by atoms with van der Waals surface area (Å²) >= 11 is 3.11. The first-order valence-corrected chi connectivity index (χ1v) is 8.95. The van der Waals surface area contributed by atoms with Crippen LogP contribution in [0.25, 0.3) is 12.2 Å². The van der Waals surface area contributed by atoms with Gasteiger partial charge in [0.05, 0.1) is 0 Å². The van der Waals surface area contributed by atoms with Crippen molar-refractivity contribution in [2.45, 2.75) is 0 Å². The summed E-state index contributed by atoms with van der Waals surface area (Å²) in [5.74, 6) is -0.347. The molecule has 3 heterocycles. The maximum atomic E-state index is 12.2. The molecule has 3 rings (SSSR count). The first-order valence-electron chi connectivity index (χ1n) is 7.19. The molecule has 0 bridgehead atoms. The van der Waals surface area contributed by atoms with Crippen molar-refractivity contribution >= 4 is 46.4 Å². The lowest BCUT2D eigenvalue weighted by Crippen LogP contribution is -2.01. The molecule has 0 fully saturated rings. The van der Waals surface area contributed by atoms with Crippen LogP contribution in [0.4, 0.5) is 0 Å². The lowest BCUT2D eigenvalue weighted by molar-refractivity contribution is 0.104. The summed E-state index contributed by atoms with van der Waals surface area (Å²) in [5, 5.41) is 3.90. The molecule has 0 N–H and O–H groups in total. The summed E-state index contributed by atoms with van der Waals surface area (Å²) in [6.07, 6.45) is 9.47. The van der Waals surface area contributed by atoms with Crippen molar-refractivity contribution in [1.29, 1.82) is 0 Å². The predicted molar refractivity (Wildman–Crippen MR) is 99.6 cm³/mol. The quantitative estimate of drug-likeness (QED) is 0.464. The summed E-state index contributed by atoms with van der Waals surface area (Å²) in [4.78, 5) is 30.4. The Hall–Kier alpha value is -2.63. The second-order valence-electron chi connectivity index (χ2n) is 4.89. The van der Waals surface area contributed by atoms with Crippen LogP contribution < -0.4 is 0 Å². The van der Waals surface area contributed by atoms with Gasteiger partial charge in [0.25, 0.3) is 0 Å². The molecule has 24 heavy (non-hydrogen) atoms. The van der Waals surface area contributed by atoms with Gasteiger partial charge in [0.2, 0.25) is 0 Å². The van der Waals surface area contributed by atoms with Gasteiger partial charge in [0, 0.05) is 33.3 Å². The SMILES string of the molecule is O=C(/C=C/c1cccs1)c1cncc(C(=O)/C=C/c2cccs2)c1. The van der Waals surface area contributed by atoms with Crippen LogP contribution >= 0.6 is 22.7 Å². The molecule has 0 aliphatic heterocycles. The molecule has 0 aliphatic rings. The van der Waals surface area contributed by atoms with Crippen molar-refractivity contribution in [3.63, 3.8) is 0 Å². The van der Waals surface area contributed by atoms with E-state index in [2.05, 4.69) is 4.98 Å². The van der Waals surface area contributed by atoms with Crippen LogP contribution in [0, 0.1) is 0 Å². The molecule has 0 spiro atoms. The Morgan fingerprint density at radius 3 is 1.75 bits per heavy atom. The zero-order valence-electron chi connectivity index (χ0n) is 12.6. The van der Waals surface area contributed by atoms with E-state index in [0.29, 0.717) is 11.1 Å². The molecule has 0 saturated heterocycles. The highest BCUT2D eigenvalue weighted by atomic mass is 32.1. The fourth-order valence-electron chi connectivity index (χ4n) is 1.99. The van der Waals surface area contributed by atoms with E-state index in [9.17, 15) is 9.59 Å². The van der Waals surface area contributed by atoms with Gasteiger partial charge in [-0.2, -0.15) is 0 Å². The van der Waals surface area contributed by atoms with Crippen LogP contribution in [0.15, 0.2) is 65.6 Å². The highest BCUT2D eigenvalue weighted by molar-refractivity contribution is 7.11. The van der Waals surface area contributed by atoms with Crippen molar-refractivity contribution in [1.82, 2.24) is 4.98 Å². The first-order chi connectivity index (χ1) is 11.7. The van der Waals surface area contributed by atoms with Crippen LogP contribution in [0.2, 0.25) is 0 Å². The normalized spacial score (nSPS) is 11.3. The van der Waals surface area contributed by atoms with Crippen molar-refractivity contribution in [3.05, 3.63) is 86.5 Å². The monoisotopic (exact) mass is 351 g/mol. The number of nitrogens with zero attached hydrogens (tertiary/aromatic N) is 1. The molecule has 118 valence electrons. The van der Waals surface area contributed by atoms with E-state index in [4.69, 9.17) is 0 Å². The van der Waals surface area contributed by atoms with Gasteiger partial charge < -0.3 is 0 Å². The third-order valence-corrected chi connectivity index (χ3v) is 4.87. The van der Waals surface area contributed by atoms with Gasteiger partial charge in [-0.3, -0.25) is 14.6 Å². The van der Waals surface area contributed by atoms with Crippen LogP contribution in [0.5, 0.6) is 0 Å². The zero-order chi connectivity index (χ0) is 16.8. The number of carbonyl (C=O) groups excluding carboxylic acids is 2. The van der Waals surface area contributed by atoms with E-state index in [0.717, 1.165) is 9.75 Å². The molecule has 0 unspecified atom stereocenters. The smallest absolute Gasteiger partial charge is 0.187 e. The van der Waals surface area contributed by atoms with E-state index in [1.165, 1.54) is 24.5 Å². The molecule has 0 aliphatic carbocycles. The molecule has 5 heteroatoms. The Morgan fingerprint density at radius 2 is 1.33 bits per heavy atom. The minimum Gasteiger partial charge on any atom is -0.289 e. The number of carbonyl (C=O) groups is 2. The lowest BCUT2D eigenvalue weighted by atomic mass is 10.1. The predicted octanol–water partition coefficient (Wildman–Crippen LogP) is 5.00. The van der Waals surface area contributed by atoms with Gasteiger partial charge in [-0.1, -0.05) is 12.1 Å². The number of allylic oxidation sites excluding steroid dienone is 2. The Balaban J connectivity index is 1.73. The fourth-order valence-corrected chi connectivity index (χ4v) is 3.23. The topological polar surface area (TPSA) is 47.0 Å². The van der Waals surface area contributed by atoms with Crippen molar-refractivity contribution < 1.29 is 9.59 Å². The molecule has 0 saturated carbocycles. The number of hydrogen-bond donors (Lipinski definition) is 0. The first kappa shape index (κ1) is 16.2. The Bertz CT molecular complexity index is 820. The number of ketones is 2. The lowest BCUT2D eigenvalue weighted by Gasteiger charge is -1.99. The highest BCUT2D eigenvalue weighted by Gasteiger charge is 2.08. The molecule has 0 aromatic carbocycles. The molecular weight excluding hydrogens is 338 g/mol. The van der Waals surface area contributed by atoms with Gasteiger partial charge >= 0.3 is 0 Å². The summed E-state index contributed by atoms with van der Waals surface area (Å²) in [6, 6.07) is 9.30. The molecule has 0 atom stereocenters. The van der Waals surface area contributed by atoms with E-state index in [1.807, 2.05) is 35.0 Å². The third-order valence-electron chi connectivity index (χ3n) is 3.19. The molecule has 3 aromatic heterocycles. The molecule has 0 amide bonds. The Labute approximate surface area is 147 Å². The third kappa shape index (κ3) is 4.22. The standard InChI is InChI=1S/C19H13NO2S2/c21-18(7-5-16-3-1-9-23-16)14-11-15(13-20-12-14)19(22)8-6-17-4-2-10-24-17/h1-13H/b7-5+,8-6+. The van der Waals surface area contributed by atoms with Gasteiger partial charge in [0.1, 0.15) is 0 Å². The second kappa shape index (κ2) is 7.77. The van der Waals surface area contributed by atoms with Crippen molar-refractivity contribution in [3.8, 4) is 0 Å². The number of pyridine rings is 1. The van der Waals surface area contributed by atoms with Gasteiger partial charge in [-0.25, -0.2) is 0 Å². The second-order valence-corrected chi connectivity index (χ2v) is 6.85. The van der Waals surface area contributed by atoms with Crippen LogP contribution in [0.3, 0.4) is 0 Å². The molecule has 3 nitrogen and oxygen atoms in total. The number of rotatable bonds is 6. The molecule has 3 aromatic rings. The highest BCUT2D eigenvalue weighted by Crippen LogP contribution is 2.13. The van der Waals surface area contributed by atoms with Crippen LogP contribution in [-0.2, 0) is 0 Å². The average Bonchev–Trinajstić information content (AvgIpc) is 3.31. The summed E-state index contributed by atoms with van der Waals surface area (Å²) in [6.45, 7) is 0. The average molecular weight is 351 g/mol. The van der Waals surface area contributed by atoms with Crippen molar-refractivity contribution in [2.24, 2.45) is 0 Å². The van der Waals surface area contributed by atoms with Crippen LogP contribution in [0.1, 0.15) is 30.5 Å². The summed E-state index contributed by atoms with van der Waals surface area (Å²) in [7, 11) is 0. The Kier molecular flexibility index (Phi) is 5.25. The zero-order valence-corrected chi connectivity index (χ0v) is 14.2. The maximum absolute atomic E-state index is 12.2. The summed E-state index contributed by atoms with van der Waals surface area (Å²) in [5.41, 5.74) is 0.802. The van der Waals surface area contributed by atoms with Crippen LogP contribution in [-0.4, -0.2) is 16.6 Å². The van der Waals surface area contributed by atoms with E-state index >= 15 is 0 Å². The van der Waals surface area contributed by atoms with Gasteiger partial charge in [-0.15, -0.1) is 22.7 Å². The number of hydrogen-bond acceptors (Lipinski definition) is 5. The maximum Gasteiger partial charge on any atom is 0.187 e. The number of aromatic nitrogens is 1. The Morgan fingerprint density at radius 1 is 0.833 bits per heavy atom. The van der Waals surface area contributed by atoms with Gasteiger partial charge in [-0.05, 0) is 53.3 Å². The minimum absolute atomic E-state index is 0.173.